The number of rotatable bonds is 7. The lowest BCUT2D eigenvalue weighted by molar-refractivity contribution is 0.315. The molecule has 1 N–H and O–H groups in total. The molecule has 158 valence electrons. The van der Waals surface area contributed by atoms with Gasteiger partial charge < -0.3 is 0 Å². The fourth-order valence-electron chi connectivity index (χ4n) is 3.51. The van der Waals surface area contributed by atoms with E-state index in [9.17, 15) is 16.8 Å². The molecule has 2 aromatic rings. The Morgan fingerprint density at radius 1 is 1.00 bits per heavy atom. The van der Waals surface area contributed by atoms with E-state index < -0.39 is 20.0 Å². The highest BCUT2D eigenvalue weighted by molar-refractivity contribution is 7.89. The van der Waals surface area contributed by atoms with Gasteiger partial charge in [-0.25, -0.2) is 21.6 Å². The second-order valence-corrected chi connectivity index (χ2v) is 11.2. The van der Waals surface area contributed by atoms with E-state index in [1.165, 1.54) is 28.6 Å². The van der Waals surface area contributed by atoms with Gasteiger partial charge >= 0.3 is 0 Å². The van der Waals surface area contributed by atoms with Crippen molar-refractivity contribution in [3.63, 3.8) is 0 Å². The Morgan fingerprint density at radius 3 is 2.24 bits per heavy atom. The molecule has 29 heavy (non-hydrogen) atoms. The number of benzene rings is 2. The molecule has 2 atom stereocenters. The zero-order valence-corrected chi connectivity index (χ0v) is 18.4. The van der Waals surface area contributed by atoms with Gasteiger partial charge in [0, 0.05) is 19.1 Å². The zero-order valence-electron chi connectivity index (χ0n) is 16.8. The van der Waals surface area contributed by atoms with Gasteiger partial charge in [0.2, 0.25) is 20.0 Å². The predicted octanol–water partition coefficient (Wildman–Crippen LogP) is 3.33. The molecule has 1 aliphatic rings. The van der Waals surface area contributed by atoms with Crippen LogP contribution in [0.15, 0.2) is 64.4 Å². The fraction of sp³-hybridized carbons (Fsp3) is 0.429. The molecule has 0 amide bonds. The molecule has 3 rings (SSSR count). The Labute approximate surface area is 174 Å². The highest BCUT2D eigenvalue weighted by atomic mass is 32.2. The second kappa shape index (κ2) is 8.95. The minimum absolute atomic E-state index is 0.0672. The second-order valence-electron chi connectivity index (χ2n) is 7.51. The molecule has 1 fully saturated rings. The van der Waals surface area contributed by atoms with Crippen LogP contribution in [0.4, 0.5) is 0 Å². The average molecular weight is 437 g/mol. The molecule has 1 aliphatic heterocycles. The van der Waals surface area contributed by atoms with Crippen molar-refractivity contribution >= 4 is 20.0 Å². The molecule has 1 heterocycles. The number of hydrogen-bond donors (Lipinski definition) is 1. The molecular formula is C21H28N2O4S2. The molecule has 0 aliphatic carbocycles. The van der Waals surface area contributed by atoms with Gasteiger partial charge in [-0.1, -0.05) is 37.3 Å². The van der Waals surface area contributed by atoms with Crippen molar-refractivity contribution in [3.8, 4) is 0 Å². The van der Waals surface area contributed by atoms with Gasteiger partial charge in [0.25, 0.3) is 0 Å². The van der Waals surface area contributed by atoms with Crippen LogP contribution >= 0.6 is 0 Å². The van der Waals surface area contributed by atoms with Gasteiger partial charge in [0.15, 0.2) is 0 Å². The van der Waals surface area contributed by atoms with Crippen LogP contribution < -0.4 is 4.72 Å². The number of piperidine rings is 1. The third-order valence-corrected chi connectivity index (χ3v) is 8.88. The van der Waals surface area contributed by atoms with Crippen LogP contribution in [0.25, 0.3) is 0 Å². The lowest BCUT2D eigenvalue weighted by atomic mass is 9.92. The van der Waals surface area contributed by atoms with E-state index in [0.29, 0.717) is 19.5 Å². The van der Waals surface area contributed by atoms with Gasteiger partial charge in [-0.2, -0.15) is 4.31 Å². The molecular weight excluding hydrogens is 408 g/mol. The first-order valence-electron chi connectivity index (χ1n) is 9.91. The summed E-state index contributed by atoms with van der Waals surface area (Å²) in [6.45, 7) is 4.59. The van der Waals surface area contributed by atoms with Gasteiger partial charge in [-0.3, -0.25) is 0 Å². The summed E-state index contributed by atoms with van der Waals surface area (Å²) in [5, 5.41) is 0. The molecule has 2 aromatic carbocycles. The van der Waals surface area contributed by atoms with Crippen LogP contribution in [0.1, 0.15) is 44.6 Å². The Balaban J connectivity index is 1.79. The summed E-state index contributed by atoms with van der Waals surface area (Å²) in [5.74, 6) is 0.166. The van der Waals surface area contributed by atoms with E-state index in [2.05, 4.69) is 4.72 Å². The highest BCUT2D eigenvalue weighted by Crippen LogP contribution is 2.30. The molecule has 0 radical (unpaired) electrons. The molecule has 0 aromatic heterocycles. The van der Waals surface area contributed by atoms with Crippen LogP contribution in [0, 0.1) is 0 Å². The summed E-state index contributed by atoms with van der Waals surface area (Å²) in [4.78, 5) is 0.186. The van der Waals surface area contributed by atoms with E-state index in [1.807, 2.05) is 37.3 Å². The third-order valence-electron chi connectivity index (χ3n) is 5.40. The van der Waals surface area contributed by atoms with Crippen LogP contribution in [-0.2, 0) is 20.0 Å². The fourth-order valence-corrected chi connectivity index (χ4v) is 6.36. The van der Waals surface area contributed by atoms with Gasteiger partial charge in [0.05, 0.1) is 9.79 Å². The third kappa shape index (κ3) is 5.06. The van der Waals surface area contributed by atoms with Crippen molar-refractivity contribution in [3.05, 3.63) is 60.2 Å². The number of nitrogens with zero attached hydrogens (tertiary/aromatic N) is 1. The number of hydrogen-bond acceptors (Lipinski definition) is 4. The van der Waals surface area contributed by atoms with Crippen LogP contribution in [-0.4, -0.2) is 40.3 Å². The average Bonchev–Trinajstić information content (AvgIpc) is 2.74. The summed E-state index contributed by atoms with van der Waals surface area (Å²) in [5.41, 5.74) is 1.14. The maximum absolute atomic E-state index is 13.1. The Hall–Kier alpha value is -1.74. The SMILES string of the molecule is CC[C@@H](C)NS(=O)(=O)c1ccc(S(=O)(=O)N2CCC[C@@H](c3ccccc3)C2)cc1. The monoisotopic (exact) mass is 436 g/mol. The van der Waals surface area contributed by atoms with Gasteiger partial charge in [0.1, 0.15) is 0 Å². The standard InChI is InChI=1S/C21H28N2O4S2/c1-3-17(2)22-28(24,25)20-11-13-21(14-12-20)29(26,27)23-15-7-10-19(16-23)18-8-5-4-6-9-18/h4-6,8-9,11-14,17,19,22H,3,7,10,15-16H2,1-2H3/t17-,19-/m1/s1. The Kier molecular flexibility index (Phi) is 6.78. The first kappa shape index (κ1) is 22.0. The van der Waals surface area contributed by atoms with Crippen LogP contribution in [0.5, 0.6) is 0 Å². The molecule has 1 saturated heterocycles. The van der Waals surface area contributed by atoms with Crippen molar-refractivity contribution in [1.82, 2.24) is 9.03 Å². The number of nitrogens with one attached hydrogen (secondary N) is 1. The Morgan fingerprint density at radius 2 is 1.62 bits per heavy atom. The molecule has 8 heteroatoms. The maximum atomic E-state index is 13.1. The first-order valence-corrected chi connectivity index (χ1v) is 12.8. The summed E-state index contributed by atoms with van der Waals surface area (Å²) in [6.07, 6.45) is 2.42. The lowest BCUT2D eigenvalue weighted by Gasteiger charge is -2.32. The van der Waals surface area contributed by atoms with Crippen molar-refractivity contribution in [2.24, 2.45) is 0 Å². The highest BCUT2D eigenvalue weighted by Gasteiger charge is 2.31. The molecule has 0 unspecified atom stereocenters. The quantitative estimate of drug-likeness (QED) is 0.722. The maximum Gasteiger partial charge on any atom is 0.243 e. The smallest absolute Gasteiger partial charge is 0.208 e. The van der Waals surface area contributed by atoms with Crippen LogP contribution in [0.2, 0.25) is 0 Å². The van der Waals surface area contributed by atoms with E-state index in [1.54, 1.807) is 6.92 Å². The summed E-state index contributed by atoms with van der Waals surface area (Å²) >= 11 is 0. The lowest BCUT2D eigenvalue weighted by Crippen LogP contribution is -2.39. The molecule has 0 spiro atoms. The van der Waals surface area contributed by atoms with Crippen molar-refractivity contribution in [2.75, 3.05) is 13.1 Å². The minimum Gasteiger partial charge on any atom is -0.208 e. The van der Waals surface area contributed by atoms with E-state index in [4.69, 9.17) is 0 Å². The minimum atomic E-state index is -3.67. The molecule has 0 bridgehead atoms. The molecule has 6 nitrogen and oxygen atoms in total. The van der Waals surface area contributed by atoms with Gasteiger partial charge in [-0.05, 0) is 61.9 Å². The predicted molar refractivity (Wildman–Crippen MR) is 114 cm³/mol. The topological polar surface area (TPSA) is 83.5 Å². The Bertz CT molecular complexity index is 1020. The number of sulfonamides is 2. The summed E-state index contributed by atoms with van der Waals surface area (Å²) in [7, 11) is -7.34. The first-order chi connectivity index (χ1) is 13.7. The zero-order chi connectivity index (χ0) is 21.1. The van der Waals surface area contributed by atoms with E-state index in [-0.39, 0.29) is 21.8 Å². The summed E-state index contributed by atoms with van der Waals surface area (Å²) < 4.78 is 55.1. The molecule has 0 saturated carbocycles. The van der Waals surface area contributed by atoms with Crippen LogP contribution in [0.3, 0.4) is 0 Å². The van der Waals surface area contributed by atoms with E-state index >= 15 is 0 Å². The van der Waals surface area contributed by atoms with E-state index in [0.717, 1.165) is 18.4 Å². The van der Waals surface area contributed by atoms with Crippen molar-refractivity contribution in [2.45, 2.75) is 54.9 Å². The van der Waals surface area contributed by atoms with Crippen molar-refractivity contribution < 1.29 is 16.8 Å². The van der Waals surface area contributed by atoms with Crippen molar-refractivity contribution in [1.29, 1.82) is 0 Å². The largest absolute Gasteiger partial charge is 0.243 e. The van der Waals surface area contributed by atoms with Gasteiger partial charge in [-0.15, -0.1) is 0 Å². The normalized spacial score (nSPS) is 19.7. The summed E-state index contributed by atoms with van der Waals surface area (Å²) in [6, 6.07) is 15.2.